The molecule has 4 nitrogen and oxygen atoms in total. The second kappa shape index (κ2) is 6.06. The summed E-state index contributed by atoms with van der Waals surface area (Å²) in [4.78, 5) is 21.2. The summed E-state index contributed by atoms with van der Waals surface area (Å²) >= 11 is 0. The van der Waals surface area contributed by atoms with Crippen molar-refractivity contribution in [3.05, 3.63) is 60.7 Å². The fourth-order valence-corrected chi connectivity index (χ4v) is 4.08. The van der Waals surface area contributed by atoms with Crippen molar-refractivity contribution in [2.75, 3.05) is 4.90 Å². The molecule has 5 rings (SSSR count). The smallest absolute Gasteiger partial charge is 0.133 e. The Morgan fingerprint density at radius 1 is 0.769 bits per heavy atom. The molecule has 130 valence electrons. The topological polar surface area (TPSA) is 51.9 Å². The van der Waals surface area contributed by atoms with Gasteiger partial charge in [0.2, 0.25) is 0 Å². The Morgan fingerprint density at radius 2 is 1.27 bits per heavy atom. The van der Waals surface area contributed by atoms with Crippen molar-refractivity contribution in [3.8, 4) is 0 Å². The van der Waals surface area contributed by atoms with Crippen molar-refractivity contribution >= 4 is 39.2 Å². The Morgan fingerprint density at radius 3 is 1.77 bits per heavy atom. The zero-order valence-electron chi connectivity index (χ0n) is 14.5. The number of carbonyl (C=O) groups is 1. The van der Waals surface area contributed by atoms with Gasteiger partial charge in [-0.25, -0.2) is 0 Å². The largest absolute Gasteiger partial charge is 0.341 e. The number of aromatic nitrogens is 2. The zero-order chi connectivity index (χ0) is 17.5. The van der Waals surface area contributed by atoms with E-state index in [1.165, 1.54) is 10.8 Å². The fourth-order valence-electron chi connectivity index (χ4n) is 4.08. The summed E-state index contributed by atoms with van der Waals surface area (Å²) < 4.78 is 0. The third-order valence-corrected chi connectivity index (χ3v) is 5.43. The highest BCUT2D eigenvalue weighted by Crippen LogP contribution is 2.35. The van der Waals surface area contributed by atoms with Crippen LogP contribution in [0.5, 0.6) is 0 Å². The van der Waals surface area contributed by atoms with Crippen molar-refractivity contribution in [3.63, 3.8) is 0 Å². The lowest BCUT2D eigenvalue weighted by atomic mass is 9.93. The van der Waals surface area contributed by atoms with E-state index in [4.69, 9.17) is 0 Å². The third kappa shape index (κ3) is 2.58. The van der Waals surface area contributed by atoms with Gasteiger partial charge in [-0.3, -0.25) is 4.79 Å². The van der Waals surface area contributed by atoms with Gasteiger partial charge in [-0.05, 0) is 37.1 Å². The lowest BCUT2D eigenvalue weighted by Crippen LogP contribution is -2.35. The predicted octanol–water partition coefficient (Wildman–Crippen LogP) is 5.30. The van der Waals surface area contributed by atoms with Crippen LogP contribution in [-0.4, -0.2) is 21.8 Å². The van der Waals surface area contributed by atoms with Gasteiger partial charge in [0.1, 0.15) is 17.4 Å². The molecule has 0 aliphatic heterocycles. The van der Waals surface area contributed by atoms with E-state index in [0.29, 0.717) is 24.7 Å². The molecule has 1 aliphatic carbocycles. The van der Waals surface area contributed by atoms with E-state index in [1.54, 1.807) is 0 Å². The van der Waals surface area contributed by atoms with Gasteiger partial charge in [-0.1, -0.05) is 36.4 Å². The van der Waals surface area contributed by atoms with Crippen LogP contribution in [0.2, 0.25) is 0 Å². The first-order chi connectivity index (χ1) is 12.8. The van der Waals surface area contributed by atoms with Crippen molar-refractivity contribution in [2.24, 2.45) is 0 Å². The van der Waals surface area contributed by atoms with E-state index < -0.39 is 0 Å². The summed E-state index contributed by atoms with van der Waals surface area (Å²) in [6.45, 7) is 0. The summed E-state index contributed by atoms with van der Waals surface area (Å²) in [7, 11) is 0. The van der Waals surface area contributed by atoms with Gasteiger partial charge in [0.25, 0.3) is 0 Å². The van der Waals surface area contributed by atoms with E-state index >= 15 is 0 Å². The van der Waals surface area contributed by atoms with E-state index in [1.807, 2.05) is 0 Å². The number of hydrogen-bond acceptors (Lipinski definition) is 2. The Bertz CT molecular complexity index is 941. The number of anilines is 2. The third-order valence-electron chi connectivity index (χ3n) is 5.43. The summed E-state index contributed by atoms with van der Waals surface area (Å²) in [5.74, 6) is 2.55. The Balaban J connectivity index is 1.63. The second-order valence-electron chi connectivity index (χ2n) is 7.12. The van der Waals surface area contributed by atoms with Gasteiger partial charge in [-0.2, -0.15) is 0 Å². The lowest BCUT2D eigenvalue weighted by molar-refractivity contribution is -0.120. The number of rotatable bonds is 3. The minimum absolute atomic E-state index is 0.314. The van der Waals surface area contributed by atoms with Gasteiger partial charge < -0.3 is 14.9 Å². The summed E-state index contributed by atoms with van der Waals surface area (Å²) in [6, 6.07) is 21.4. The molecule has 26 heavy (non-hydrogen) atoms. The molecule has 4 heteroatoms. The number of carbonyl (C=O) groups excluding carboxylic acids is 1. The zero-order valence-corrected chi connectivity index (χ0v) is 14.5. The van der Waals surface area contributed by atoms with E-state index in [-0.39, 0.29) is 0 Å². The molecule has 2 N–H and O–H groups in total. The van der Waals surface area contributed by atoms with Crippen LogP contribution >= 0.6 is 0 Å². The predicted molar refractivity (Wildman–Crippen MR) is 106 cm³/mol. The van der Waals surface area contributed by atoms with Gasteiger partial charge in [0.15, 0.2) is 0 Å². The Kier molecular flexibility index (Phi) is 3.56. The fraction of sp³-hybridized carbons (Fsp3) is 0.227. The monoisotopic (exact) mass is 343 g/mol. The molecular weight excluding hydrogens is 322 g/mol. The van der Waals surface area contributed by atoms with E-state index in [2.05, 4.69) is 75.5 Å². The molecule has 4 aromatic rings. The van der Waals surface area contributed by atoms with Crippen LogP contribution in [-0.2, 0) is 4.79 Å². The quantitative estimate of drug-likeness (QED) is 0.530. The van der Waals surface area contributed by atoms with Crippen LogP contribution in [0.1, 0.15) is 25.7 Å². The molecule has 0 radical (unpaired) electrons. The first-order valence-corrected chi connectivity index (χ1v) is 9.24. The van der Waals surface area contributed by atoms with Crippen LogP contribution in [0.15, 0.2) is 60.7 Å². The minimum atomic E-state index is 0.314. The van der Waals surface area contributed by atoms with Gasteiger partial charge >= 0.3 is 0 Å². The highest BCUT2D eigenvalue weighted by Gasteiger charge is 2.28. The number of aromatic amines is 2. The molecule has 0 amide bonds. The van der Waals surface area contributed by atoms with Crippen molar-refractivity contribution in [1.82, 2.24) is 9.97 Å². The highest BCUT2D eigenvalue weighted by atomic mass is 16.1. The van der Waals surface area contributed by atoms with E-state index in [0.717, 1.165) is 35.5 Å². The van der Waals surface area contributed by atoms with Gasteiger partial charge in [0, 0.05) is 40.7 Å². The molecule has 2 aromatic heterocycles. The lowest BCUT2D eigenvalue weighted by Gasteiger charge is -2.33. The molecule has 1 aliphatic rings. The number of H-pyrrole nitrogens is 2. The van der Waals surface area contributed by atoms with Crippen LogP contribution < -0.4 is 4.90 Å². The molecule has 2 heterocycles. The minimum Gasteiger partial charge on any atom is -0.341 e. The number of hydrogen-bond donors (Lipinski definition) is 2. The average molecular weight is 343 g/mol. The van der Waals surface area contributed by atoms with Crippen LogP contribution in [0.4, 0.5) is 11.6 Å². The second-order valence-corrected chi connectivity index (χ2v) is 7.12. The van der Waals surface area contributed by atoms with Crippen LogP contribution in [0.3, 0.4) is 0 Å². The maximum atomic E-state index is 11.8. The number of Topliss-reactive ketones (excluding diaryl/α,β-unsaturated/α-hetero) is 1. The molecule has 1 saturated carbocycles. The summed E-state index contributed by atoms with van der Waals surface area (Å²) in [5, 5.41) is 2.41. The number of nitrogens with zero attached hydrogens (tertiary/aromatic N) is 1. The van der Waals surface area contributed by atoms with Crippen molar-refractivity contribution < 1.29 is 4.79 Å². The SMILES string of the molecule is O=C1CCC(N(c2cc3ccccc3[nH]2)c2cc3ccccc3[nH]2)CC1. The molecule has 0 unspecified atom stereocenters. The van der Waals surface area contributed by atoms with Crippen LogP contribution in [0.25, 0.3) is 21.8 Å². The van der Waals surface area contributed by atoms with Gasteiger partial charge in [0.05, 0.1) is 0 Å². The highest BCUT2D eigenvalue weighted by molar-refractivity contribution is 5.89. The Hall–Kier alpha value is -3.01. The van der Waals surface area contributed by atoms with Crippen LogP contribution in [0, 0.1) is 0 Å². The molecule has 0 bridgehead atoms. The molecule has 0 spiro atoms. The van der Waals surface area contributed by atoms with E-state index in [9.17, 15) is 4.79 Å². The first-order valence-electron chi connectivity index (χ1n) is 9.24. The molecule has 0 saturated heterocycles. The average Bonchev–Trinajstić information content (AvgIpc) is 3.27. The number of ketones is 1. The number of fused-ring (bicyclic) bond motifs is 2. The molecular formula is C22H21N3O. The first kappa shape index (κ1) is 15.3. The maximum absolute atomic E-state index is 11.8. The number of nitrogens with one attached hydrogen (secondary N) is 2. The molecule has 2 aromatic carbocycles. The van der Waals surface area contributed by atoms with Gasteiger partial charge in [-0.15, -0.1) is 0 Å². The Labute approximate surface area is 151 Å². The van der Waals surface area contributed by atoms with Crippen molar-refractivity contribution in [2.45, 2.75) is 31.7 Å². The number of para-hydroxylation sites is 2. The number of benzene rings is 2. The summed E-state index contributed by atoms with van der Waals surface area (Å²) in [5.41, 5.74) is 2.27. The molecule has 1 fully saturated rings. The standard InChI is InChI=1S/C22H21N3O/c26-18-11-9-17(10-12-18)25(21-13-15-5-1-3-7-19(15)23-21)22-14-16-6-2-4-8-20(16)24-22/h1-8,13-14,17,23-24H,9-12H2. The summed E-state index contributed by atoms with van der Waals surface area (Å²) in [6.07, 6.45) is 3.12. The normalized spacial score (nSPS) is 15.8. The molecule has 0 atom stereocenters. The maximum Gasteiger partial charge on any atom is 0.133 e. The van der Waals surface area contributed by atoms with Crippen molar-refractivity contribution in [1.29, 1.82) is 0 Å².